The van der Waals surface area contributed by atoms with Crippen molar-refractivity contribution in [1.82, 2.24) is 5.32 Å². The number of carbonyl (C=O) groups excluding carboxylic acids is 1. The summed E-state index contributed by atoms with van der Waals surface area (Å²) in [5.74, 6) is -1.96. The van der Waals surface area contributed by atoms with E-state index < -0.39 is 24.5 Å². The SMILES string of the molecule is CCOC(=O)CC(NCc1ccccc1)C(CF)(OC)OC. The molecule has 124 valence electrons. The summed E-state index contributed by atoms with van der Waals surface area (Å²) in [5.41, 5.74) is 1.01. The summed E-state index contributed by atoms with van der Waals surface area (Å²) in [6, 6.07) is 8.93. The molecule has 1 rings (SSSR count). The van der Waals surface area contributed by atoms with Gasteiger partial charge in [-0.15, -0.1) is 0 Å². The van der Waals surface area contributed by atoms with E-state index in [9.17, 15) is 9.18 Å². The predicted molar refractivity (Wildman–Crippen MR) is 81.0 cm³/mol. The molecule has 1 atom stereocenters. The molecule has 0 bridgehead atoms. The molecule has 0 saturated heterocycles. The van der Waals surface area contributed by atoms with E-state index in [4.69, 9.17) is 14.2 Å². The Hall–Kier alpha value is -1.50. The maximum atomic E-state index is 13.5. The van der Waals surface area contributed by atoms with Crippen LogP contribution in [0.3, 0.4) is 0 Å². The van der Waals surface area contributed by atoms with Crippen LogP contribution in [0.4, 0.5) is 4.39 Å². The van der Waals surface area contributed by atoms with Gasteiger partial charge in [-0.1, -0.05) is 30.3 Å². The van der Waals surface area contributed by atoms with E-state index in [1.54, 1.807) is 6.92 Å². The van der Waals surface area contributed by atoms with E-state index in [0.29, 0.717) is 6.54 Å². The maximum Gasteiger partial charge on any atom is 0.307 e. The average molecular weight is 313 g/mol. The Bertz CT molecular complexity index is 429. The summed E-state index contributed by atoms with van der Waals surface area (Å²) >= 11 is 0. The number of methoxy groups -OCH3 is 2. The number of nitrogens with one attached hydrogen (secondary N) is 1. The quantitative estimate of drug-likeness (QED) is 0.529. The highest BCUT2D eigenvalue weighted by Crippen LogP contribution is 2.21. The van der Waals surface area contributed by atoms with Gasteiger partial charge in [-0.25, -0.2) is 4.39 Å². The third-order valence-corrected chi connectivity index (χ3v) is 3.48. The first kappa shape index (κ1) is 18.5. The van der Waals surface area contributed by atoms with Crippen molar-refractivity contribution in [3.05, 3.63) is 35.9 Å². The van der Waals surface area contributed by atoms with Gasteiger partial charge in [0, 0.05) is 20.8 Å². The zero-order valence-electron chi connectivity index (χ0n) is 13.3. The first-order chi connectivity index (χ1) is 10.6. The first-order valence-corrected chi connectivity index (χ1v) is 7.21. The van der Waals surface area contributed by atoms with Crippen molar-refractivity contribution in [3.8, 4) is 0 Å². The summed E-state index contributed by atoms with van der Waals surface area (Å²) in [7, 11) is 2.71. The van der Waals surface area contributed by atoms with Gasteiger partial charge in [0.15, 0.2) is 0 Å². The number of esters is 1. The fraction of sp³-hybridized carbons (Fsp3) is 0.562. The van der Waals surface area contributed by atoms with Gasteiger partial charge in [0.25, 0.3) is 0 Å². The Morgan fingerprint density at radius 3 is 2.41 bits per heavy atom. The smallest absolute Gasteiger partial charge is 0.307 e. The van der Waals surface area contributed by atoms with E-state index in [-0.39, 0.29) is 13.0 Å². The van der Waals surface area contributed by atoms with Crippen molar-refractivity contribution in [2.24, 2.45) is 0 Å². The van der Waals surface area contributed by atoms with E-state index >= 15 is 0 Å². The molecule has 0 radical (unpaired) electrons. The molecule has 0 aromatic heterocycles. The van der Waals surface area contributed by atoms with Crippen molar-refractivity contribution >= 4 is 5.97 Å². The summed E-state index contributed by atoms with van der Waals surface area (Å²) in [6.45, 7) is 1.57. The van der Waals surface area contributed by atoms with Crippen molar-refractivity contribution < 1.29 is 23.4 Å². The second-order valence-electron chi connectivity index (χ2n) is 4.78. The molecule has 0 saturated carbocycles. The number of halogens is 1. The largest absolute Gasteiger partial charge is 0.466 e. The summed E-state index contributed by atoms with van der Waals surface area (Å²) in [5, 5.41) is 3.13. The Morgan fingerprint density at radius 1 is 1.27 bits per heavy atom. The number of hydrogen-bond donors (Lipinski definition) is 1. The molecule has 22 heavy (non-hydrogen) atoms. The summed E-state index contributed by atoms with van der Waals surface area (Å²) in [6.07, 6.45) is -0.0493. The lowest BCUT2D eigenvalue weighted by Gasteiger charge is -2.36. The average Bonchev–Trinajstić information content (AvgIpc) is 2.55. The minimum atomic E-state index is -1.53. The van der Waals surface area contributed by atoms with E-state index in [0.717, 1.165) is 5.56 Å². The Balaban J connectivity index is 2.82. The van der Waals surface area contributed by atoms with Crippen molar-refractivity contribution in [2.45, 2.75) is 31.7 Å². The fourth-order valence-corrected chi connectivity index (χ4v) is 2.18. The molecule has 0 heterocycles. The molecule has 1 aromatic rings. The number of hydrogen-bond acceptors (Lipinski definition) is 5. The molecule has 5 nitrogen and oxygen atoms in total. The van der Waals surface area contributed by atoms with Crippen LogP contribution in [0.2, 0.25) is 0 Å². The summed E-state index contributed by atoms with van der Waals surface area (Å²) < 4.78 is 28.8. The molecular formula is C16H24FNO4. The minimum absolute atomic E-state index is 0.0493. The van der Waals surface area contributed by atoms with Crippen molar-refractivity contribution in [2.75, 3.05) is 27.5 Å². The van der Waals surface area contributed by atoms with Crippen LogP contribution < -0.4 is 5.32 Å². The van der Waals surface area contributed by atoms with Crippen LogP contribution >= 0.6 is 0 Å². The van der Waals surface area contributed by atoms with Crippen LogP contribution in [-0.4, -0.2) is 45.3 Å². The monoisotopic (exact) mass is 313 g/mol. The normalized spacial score (nSPS) is 12.9. The molecule has 0 aliphatic carbocycles. The molecule has 1 aromatic carbocycles. The van der Waals surface area contributed by atoms with Crippen molar-refractivity contribution in [1.29, 1.82) is 0 Å². The van der Waals surface area contributed by atoms with Crippen LogP contribution in [-0.2, 0) is 25.5 Å². The molecule has 6 heteroatoms. The second kappa shape index (κ2) is 9.50. The van der Waals surface area contributed by atoms with Gasteiger partial charge in [-0.2, -0.15) is 0 Å². The van der Waals surface area contributed by atoms with E-state index in [1.807, 2.05) is 30.3 Å². The molecule has 1 unspecified atom stereocenters. The van der Waals surface area contributed by atoms with Crippen LogP contribution in [0, 0.1) is 0 Å². The molecule has 1 N–H and O–H groups in total. The van der Waals surface area contributed by atoms with Gasteiger partial charge in [0.05, 0.1) is 19.1 Å². The lowest BCUT2D eigenvalue weighted by atomic mass is 10.0. The van der Waals surface area contributed by atoms with Gasteiger partial charge in [0.2, 0.25) is 5.79 Å². The number of rotatable bonds is 10. The number of benzene rings is 1. The topological polar surface area (TPSA) is 56.8 Å². The zero-order valence-corrected chi connectivity index (χ0v) is 13.3. The van der Waals surface area contributed by atoms with Gasteiger partial charge in [-0.3, -0.25) is 4.79 Å². The highest BCUT2D eigenvalue weighted by atomic mass is 19.1. The molecule has 0 amide bonds. The zero-order chi connectivity index (χ0) is 16.4. The van der Waals surface area contributed by atoms with Crippen LogP contribution in [0.5, 0.6) is 0 Å². The highest BCUT2D eigenvalue weighted by molar-refractivity contribution is 5.70. The van der Waals surface area contributed by atoms with Crippen molar-refractivity contribution in [3.63, 3.8) is 0 Å². The van der Waals surface area contributed by atoms with Crippen LogP contribution in [0.1, 0.15) is 18.9 Å². The molecule has 0 fully saturated rings. The second-order valence-corrected chi connectivity index (χ2v) is 4.78. The summed E-state index contributed by atoms with van der Waals surface area (Å²) in [4.78, 5) is 11.8. The molecule has 0 spiro atoms. The van der Waals surface area contributed by atoms with E-state index in [1.165, 1.54) is 14.2 Å². The molecular weight excluding hydrogens is 289 g/mol. The minimum Gasteiger partial charge on any atom is -0.466 e. The lowest BCUT2D eigenvalue weighted by molar-refractivity contribution is -0.235. The molecule has 0 aliphatic rings. The van der Waals surface area contributed by atoms with Gasteiger partial charge in [-0.05, 0) is 12.5 Å². The van der Waals surface area contributed by atoms with Gasteiger partial charge < -0.3 is 19.5 Å². The lowest BCUT2D eigenvalue weighted by Crippen LogP contribution is -2.56. The number of alkyl halides is 1. The van der Waals surface area contributed by atoms with Gasteiger partial charge >= 0.3 is 5.97 Å². The Kier molecular flexibility index (Phi) is 8.01. The first-order valence-electron chi connectivity index (χ1n) is 7.21. The third-order valence-electron chi connectivity index (χ3n) is 3.48. The maximum absolute atomic E-state index is 13.5. The highest BCUT2D eigenvalue weighted by Gasteiger charge is 2.41. The third kappa shape index (κ3) is 5.05. The Morgan fingerprint density at radius 2 is 1.91 bits per heavy atom. The number of ether oxygens (including phenoxy) is 3. The Labute approximate surface area is 130 Å². The number of carbonyl (C=O) groups is 1. The predicted octanol–water partition coefficient (Wildman–Crippen LogP) is 2.06. The molecule has 0 aliphatic heterocycles. The van der Waals surface area contributed by atoms with Crippen LogP contribution in [0.25, 0.3) is 0 Å². The standard InChI is InChI=1S/C16H24FNO4/c1-4-22-15(19)10-14(16(12-17,20-2)21-3)18-11-13-8-6-5-7-9-13/h5-9,14,18H,4,10-12H2,1-3H3. The fourth-order valence-electron chi connectivity index (χ4n) is 2.18. The van der Waals surface area contributed by atoms with Crippen LogP contribution in [0.15, 0.2) is 30.3 Å². The van der Waals surface area contributed by atoms with E-state index in [2.05, 4.69) is 5.32 Å². The van der Waals surface area contributed by atoms with Gasteiger partial charge in [0.1, 0.15) is 6.67 Å².